The molecule has 5 nitrogen and oxygen atoms in total. The molecule has 0 aromatic heterocycles. The molecular formula is C13H27NO4. The third-order valence-electron chi connectivity index (χ3n) is 3.48. The van der Waals surface area contributed by atoms with E-state index in [2.05, 4.69) is 0 Å². The summed E-state index contributed by atoms with van der Waals surface area (Å²) in [6, 6.07) is 0. The second-order valence-corrected chi connectivity index (χ2v) is 5.32. The average molecular weight is 261 g/mol. The largest absolute Gasteiger partial charge is 0.391 e. The van der Waals surface area contributed by atoms with Crippen molar-refractivity contribution in [2.75, 3.05) is 40.1 Å². The van der Waals surface area contributed by atoms with E-state index in [1.165, 1.54) is 0 Å². The quantitative estimate of drug-likeness (QED) is 0.667. The highest BCUT2D eigenvalue weighted by Gasteiger charge is 2.33. The first-order valence-electron chi connectivity index (χ1n) is 6.68. The Balaban J connectivity index is 2.30. The molecule has 3 N–H and O–H groups in total. The molecule has 0 aliphatic carbocycles. The topological polar surface area (TPSA) is 73.9 Å². The van der Waals surface area contributed by atoms with Gasteiger partial charge in [0.1, 0.15) is 0 Å². The molecule has 1 heterocycles. The van der Waals surface area contributed by atoms with Crippen LogP contribution in [-0.2, 0) is 14.2 Å². The fourth-order valence-electron chi connectivity index (χ4n) is 2.43. The molecule has 1 saturated heterocycles. The molecule has 1 rings (SSSR count). The summed E-state index contributed by atoms with van der Waals surface area (Å²) in [4.78, 5) is 0. The van der Waals surface area contributed by atoms with Crippen LogP contribution in [0.15, 0.2) is 0 Å². The SMILES string of the molecule is COCC(C)OCC(O)CC1(CN)CCCOC1. The van der Waals surface area contributed by atoms with Gasteiger partial charge in [-0.05, 0) is 26.2 Å². The minimum Gasteiger partial charge on any atom is -0.391 e. The van der Waals surface area contributed by atoms with E-state index in [1.54, 1.807) is 7.11 Å². The van der Waals surface area contributed by atoms with Crippen molar-refractivity contribution in [3.8, 4) is 0 Å². The molecule has 0 radical (unpaired) electrons. The Morgan fingerprint density at radius 3 is 2.78 bits per heavy atom. The number of methoxy groups -OCH3 is 1. The highest BCUT2D eigenvalue weighted by Crippen LogP contribution is 2.32. The van der Waals surface area contributed by atoms with E-state index in [0.717, 1.165) is 19.4 Å². The molecule has 0 bridgehead atoms. The predicted octanol–water partition coefficient (Wildman–Crippen LogP) is 0.544. The summed E-state index contributed by atoms with van der Waals surface area (Å²) in [6.45, 7) is 4.80. The molecule has 0 saturated carbocycles. The highest BCUT2D eigenvalue weighted by molar-refractivity contribution is 4.85. The van der Waals surface area contributed by atoms with E-state index in [-0.39, 0.29) is 11.5 Å². The second-order valence-electron chi connectivity index (χ2n) is 5.32. The van der Waals surface area contributed by atoms with Crippen LogP contribution in [0.1, 0.15) is 26.2 Å². The Hall–Kier alpha value is -0.200. The smallest absolute Gasteiger partial charge is 0.0781 e. The molecule has 1 aliphatic heterocycles. The number of aliphatic hydroxyl groups excluding tert-OH is 1. The van der Waals surface area contributed by atoms with Gasteiger partial charge in [0, 0.05) is 25.7 Å². The number of hydrogen-bond donors (Lipinski definition) is 2. The fraction of sp³-hybridized carbons (Fsp3) is 1.00. The number of hydrogen-bond acceptors (Lipinski definition) is 5. The van der Waals surface area contributed by atoms with Gasteiger partial charge < -0.3 is 25.1 Å². The molecule has 3 atom stereocenters. The molecular weight excluding hydrogens is 234 g/mol. The predicted molar refractivity (Wildman–Crippen MR) is 69.5 cm³/mol. The summed E-state index contributed by atoms with van der Waals surface area (Å²) in [5.41, 5.74) is 5.76. The number of ether oxygens (including phenoxy) is 3. The van der Waals surface area contributed by atoms with Crippen molar-refractivity contribution in [1.82, 2.24) is 0 Å². The Bertz CT molecular complexity index is 219. The van der Waals surface area contributed by atoms with Crippen LogP contribution in [0.3, 0.4) is 0 Å². The van der Waals surface area contributed by atoms with E-state index in [0.29, 0.717) is 32.8 Å². The van der Waals surface area contributed by atoms with Crippen molar-refractivity contribution in [2.24, 2.45) is 11.1 Å². The van der Waals surface area contributed by atoms with Gasteiger partial charge in [-0.3, -0.25) is 0 Å². The first kappa shape index (κ1) is 15.9. The second kappa shape index (κ2) is 8.07. The lowest BCUT2D eigenvalue weighted by atomic mass is 9.78. The monoisotopic (exact) mass is 261 g/mol. The molecule has 1 fully saturated rings. The molecule has 0 aromatic rings. The molecule has 18 heavy (non-hydrogen) atoms. The molecule has 1 aliphatic rings. The Kier molecular flexibility index (Phi) is 7.11. The van der Waals surface area contributed by atoms with Crippen LogP contribution in [-0.4, -0.2) is 57.4 Å². The lowest BCUT2D eigenvalue weighted by Gasteiger charge is -2.37. The number of aliphatic hydroxyl groups is 1. The fourth-order valence-corrected chi connectivity index (χ4v) is 2.43. The Labute approximate surface area is 110 Å². The van der Waals surface area contributed by atoms with E-state index < -0.39 is 6.10 Å². The van der Waals surface area contributed by atoms with E-state index >= 15 is 0 Å². The van der Waals surface area contributed by atoms with Gasteiger partial charge in [-0.25, -0.2) is 0 Å². The first-order chi connectivity index (χ1) is 8.62. The van der Waals surface area contributed by atoms with Crippen LogP contribution >= 0.6 is 0 Å². The minimum absolute atomic E-state index is 0.00100. The van der Waals surface area contributed by atoms with Crippen LogP contribution in [0.5, 0.6) is 0 Å². The van der Waals surface area contributed by atoms with Gasteiger partial charge in [-0.2, -0.15) is 0 Å². The van der Waals surface area contributed by atoms with Crippen molar-refractivity contribution < 1.29 is 19.3 Å². The summed E-state index contributed by atoms with van der Waals surface area (Å²) in [5, 5.41) is 10.0. The van der Waals surface area contributed by atoms with Gasteiger partial charge in [0.2, 0.25) is 0 Å². The minimum atomic E-state index is -0.491. The van der Waals surface area contributed by atoms with Crippen LogP contribution in [0.25, 0.3) is 0 Å². The zero-order chi connectivity index (χ0) is 13.4. The van der Waals surface area contributed by atoms with E-state index in [1.807, 2.05) is 6.92 Å². The summed E-state index contributed by atoms with van der Waals surface area (Å²) in [5.74, 6) is 0. The Morgan fingerprint density at radius 1 is 1.44 bits per heavy atom. The maximum absolute atomic E-state index is 10.0. The van der Waals surface area contributed by atoms with Gasteiger partial charge in [-0.1, -0.05) is 0 Å². The third kappa shape index (κ3) is 5.20. The van der Waals surface area contributed by atoms with Crippen molar-refractivity contribution in [1.29, 1.82) is 0 Å². The lowest BCUT2D eigenvalue weighted by Crippen LogP contribution is -2.42. The molecule has 0 spiro atoms. The van der Waals surface area contributed by atoms with Gasteiger partial charge in [0.15, 0.2) is 0 Å². The molecule has 5 heteroatoms. The normalized spacial score (nSPS) is 28.0. The summed E-state index contributed by atoms with van der Waals surface area (Å²) < 4.78 is 16.0. The maximum atomic E-state index is 10.0. The van der Waals surface area contributed by atoms with Crippen LogP contribution in [0, 0.1) is 5.41 Å². The van der Waals surface area contributed by atoms with Crippen molar-refractivity contribution in [3.05, 3.63) is 0 Å². The Morgan fingerprint density at radius 2 is 2.22 bits per heavy atom. The molecule has 3 unspecified atom stereocenters. The summed E-state index contributed by atoms with van der Waals surface area (Å²) in [7, 11) is 1.64. The van der Waals surface area contributed by atoms with Crippen molar-refractivity contribution in [3.63, 3.8) is 0 Å². The summed E-state index contributed by atoms with van der Waals surface area (Å²) in [6.07, 6.45) is 2.19. The van der Waals surface area contributed by atoms with E-state index in [9.17, 15) is 5.11 Å². The summed E-state index contributed by atoms with van der Waals surface area (Å²) >= 11 is 0. The van der Waals surface area contributed by atoms with Gasteiger partial charge in [-0.15, -0.1) is 0 Å². The third-order valence-corrected chi connectivity index (χ3v) is 3.48. The van der Waals surface area contributed by atoms with Gasteiger partial charge in [0.25, 0.3) is 0 Å². The average Bonchev–Trinajstić information content (AvgIpc) is 2.38. The van der Waals surface area contributed by atoms with Crippen molar-refractivity contribution >= 4 is 0 Å². The molecule has 0 amide bonds. The van der Waals surface area contributed by atoms with E-state index in [4.69, 9.17) is 19.9 Å². The van der Waals surface area contributed by atoms with Gasteiger partial charge >= 0.3 is 0 Å². The van der Waals surface area contributed by atoms with Crippen molar-refractivity contribution in [2.45, 2.75) is 38.4 Å². The van der Waals surface area contributed by atoms with Crippen LogP contribution in [0.2, 0.25) is 0 Å². The lowest BCUT2D eigenvalue weighted by molar-refractivity contribution is -0.0675. The number of rotatable bonds is 8. The van der Waals surface area contributed by atoms with Crippen LogP contribution < -0.4 is 5.73 Å². The molecule has 108 valence electrons. The maximum Gasteiger partial charge on any atom is 0.0781 e. The zero-order valence-electron chi connectivity index (χ0n) is 11.6. The standard InChI is InChI=1S/C13H27NO4/c1-11(7-16-2)18-8-12(15)6-13(9-14)4-3-5-17-10-13/h11-12,15H,3-10,14H2,1-2H3. The zero-order valence-corrected chi connectivity index (χ0v) is 11.6. The number of nitrogens with two attached hydrogens (primary N) is 1. The highest BCUT2D eigenvalue weighted by atomic mass is 16.5. The molecule has 0 aromatic carbocycles. The first-order valence-corrected chi connectivity index (χ1v) is 6.68. The van der Waals surface area contributed by atoms with Crippen LogP contribution in [0.4, 0.5) is 0 Å². The van der Waals surface area contributed by atoms with Gasteiger partial charge in [0.05, 0.1) is 32.0 Å².